The molecule has 2 N–H and O–H groups in total. The zero-order valence-electron chi connectivity index (χ0n) is 19.4. The standard InChI is InChI=1S/C22H34N2O6S/c1-14-8-9-16(24-31(27,28)17-10-11-17)12-15(14)13-18(19(25)29-21(2,3)4)23-20(26)30-22(5,6)7/h8-9,12,17-18,24H,10-11,13H2,1-7H3,(H,23,26)/t18-/m0/s1. The Bertz CT molecular complexity index is 924. The van der Waals surface area contributed by atoms with E-state index < -0.39 is 39.3 Å². The highest BCUT2D eigenvalue weighted by atomic mass is 32.2. The lowest BCUT2D eigenvalue weighted by Crippen LogP contribution is -2.47. The number of rotatable bonds is 7. The minimum Gasteiger partial charge on any atom is -0.458 e. The lowest BCUT2D eigenvalue weighted by molar-refractivity contribution is -0.157. The molecule has 1 aliphatic rings. The second-order valence-electron chi connectivity index (χ2n) is 9.92. The third kappa shape index (κ3) is 8.40. The van der Waals surface area contributed by atoms with Crippen molar-refractivity contribution in [3.05, 3.63) is 29.3 Å². The minimum absolute atomic E-state index is 0.124. The first kappa shape index (κ1) is 25.0. The molecule has 0 aliphatic heterocycles. The molecule has 0 saturated heterocycles. The molecule has 1 fully saturated rings. The number of benzene rings is 1. The molecule has 0 aromatic heterocycles. The fourth-order valence-electron chi connectivity index (χ4n) is 2.82. The van der Waals surface area contributed by atoms with Crippen molar-refractivity contribution >= 4 is 27.8 Å². The summed E-state index contributed by atoms with van der Waals surface area (Å²) in [6.45, 7) is 12.3. The van der Waals surface area contributed by atoms with Crippen LogP contribution < -0.4 is 10.0 Å². The Morgan fingerprint density at radius 3 is 2.16 bits per heavy atom. The van der Waals surface area contributed by atoms with E-state index in [-0.39, 0.29) is 11.7 Å². The van der Waals surface area contributed by atoms with Crippen LogP contribution in [-0.4, -0.2) is 43.0 Å². The van der Waals surface area contributed by atoms with Gasteiger partial charge in [0.05, 0.1) is 5.25 Å². The topological polar surface area (TPSA) is 111 Å². The predicted molar refractivity (Wildman–Crippen MR) is 119 cm³/mol. The van der Waals surface area contributed by atoms with Gasteiger partial charge in [-0.1, -0.05) is 6.07 Å². The van der Waals surface area contributed by atoms with Gasteiger partial charge in [0.25, 0.3) is 0 Å². The van der Waals surface area contributed by atoms with E-state index in [9.17, 15) is 18.0 Å². The van der Waals surface area contributed by atoms with Gasteiger partial charge >= 0.3 is 12.1 Å². The van der Waals surface area contributed by atoms with Gasteiger partial charge in [-0.2, -0.15) is 0 Å². The maximum Gasteiger partial charge on any atom is 0.408 e. The van der Waals surface area contributed by atoms with Crippen molar-refractivity contribution in [3.63, 3.8) is 0 Å². The van der Waals surface area contributed by atoms with Crippen LogP contribution in [0.25, 0.3) is 0 Å². The minimum atomic E-state index is -3.41. The molecule has 1 saturated carbocycles. The smallest absolute Gasteiger partial charge is 0.408 e. The second kappa shape index (κ2) is 9.06. The van der Waals surface area contributed by atoms with Crippen LogP contribution in [0.2, 0.25) is 0 Å². The summed E-state index contributed by atoms with van der Waals surface area (Å²) < 4.78 is 37.9. The van der Waals surface area contributed by atoms with Crippen molar-refractivity contribution in [2.75, 3.05) is 4.72 Å². The largest absolute Gasteiger partial charge is 0.458 e. The molecule has 1 aromatic rings. The number of anilines is 1. The van der Waals surface area contributed by atoms with Crippen LogP contribution >= 0.6 is 0 Å². The van der Waals surface area contributed by atoms with Gasteiger partial charge in [-0.25, -0.2) is 18.0 Å². The van der Waals surface area contributed by atoms with Gasteiger partial charge in [0.15, 0.2) is 0 Å². The summed E-state index contributed by atoms with van der Waals surface area (Å²) in [5.74, 6) is -0.596. The molecule has 0 bridgehead atoms. The maximum atomic E-state index is 12.8. The van der Waals surface area contributed by atoms with E-state index in [1.807, 2.05) is 6.92 Å². The summed E-state index contributed by atoms with van der Waals surface area (Å²) in [6, 6.07) is 4.15. The SMILES string of the molecule is Cc1ccc(NS(=O)(=O)C2CC2)cc1C[C@H](NC(=O)OC(C)(C)C)C(=O)OC(C)(C)C. The number of amides is 1. The van der Waals surface area contributed by atoms with Crippen molar-refractivity contribution in [2.24, 2.45) is 0 Å². The molecule has 174 valence electrons. The number of nitrogens with one attached hydrogen (secondary N) is 2. The fraction of sp³-hybridized carbons (Fsp3) is 0.636. The highest BCUT2D eigenvalue weighted by Crippen LogP contribution is 2.30. The van der Waals surface area contributed by atoms with Crippen LogP contribution in [0.5, 0.6) is 0 Å². The first-order valence-electron chi connectivity index (χ1n) is 10.4. The van der Waals surface area contributed by atoms with Crippen LogP contribution in [0.3, 0.4) is 0 Å². The number of sulfonamides is 1. The molecule has 0 heterocycles. The molecule has 31 heavy (non-hydrogen) atoms. The fourth-order valence-corrected chi connectivity index (χ4v) is 4.20. The van der Waals surface area contributed by atoms with Gasteiger partial charge in [-0.05, 0) is 84.6 Å². The first-order valence-corrected chi connectivity index (χ1v) is 11.9. The van der Waals surface area contributed by atoms with Gasteiger partial charge in [0.1, 0.15) is 17.2 Å². The Hall–Kier alpha value is -2.29. The van der Waals surface area contributed by atoms with Crippen molar-refractivity contribution in [1.29, 1.82) is 0 Å². The van der Waals surface area contributed by atoms with Crippen LogP contribution in [-0.2, 0) is 30.7 Å². The van der Waals surface area contributed by atoms with Crippen LogP contribution in [0, 0.1) is 6.92 Å². The average molecular weight is 455 g/mol. The highest BCUT2D eigenvalue weighted by Gasteiger charge is 2.36. The quantitative estimate of drug-likeness (QED) is 0.608. The predicted octanol–water partition coefficient (Wildman–Crippen LogP) is 3.68. The Kier molecular flexibility index (Phi) is 7.30. The first-order chi connectivity index (χ1) is 14.1. The molecule has 2 rings (SSSR count). The number of carbonyl (C=O) groups is 2. The second-order valence-corrected chi connectivity index (χ2v) is 11.9. The number of esters is 1. The van der Waals surface area contributed by atoms with Gasteiger partial charge < -0.3 is 14.8 Å². The van der Waals surface area contributed by atoms with E-state index in [4.69, 9.17) is 9.47 Å². The zero-order valence-corrected chi connectivity index (χ0v) is 20.2. The van der Waals surface area contributed by atoms with Crippen molar-refractivity contribution in [3.8, 4) is 0 Å². The molecule has 8 nitrogen and oxygen atoms in total. The normalized spacial score (nSPS) is 15.7. The number of hydrogen-bond acceptors (Lipinski definition) is 6. The van der Waals surface area contributed by atoms with E-state index in [0.29, 0.717) is 24.1 Å². The molecule has 1 amide bonds. The van der Waals surface area contributed by atoms with Crippen LogP contribution in [0.1, 0.15) is 65.5 Å². The highest BCUT2D eigenvalue weighted by molar-refractivity contribution is 7.93. The lowest BCUT2D eigenvalue weighted by Gasteiger charge is -2.26. The number of alkyl carbamates (subject to hydrolysis) is 1. The average Bonchev–Trinajstić information content (AvgIpc) is 3.39. The third-order valence-corrected chi connectivity index (χ3v) is 6.25. The van der Waals surface area contributed by atoms with E-state index in [2.05, 4.69) is 10.0 Å². The molecular weight excluding hydrogens is 420 g/mol. The van der Waals surface area contributed by atoms with Crippen molar-refractivity contribution in [2.45, 2.75) is 90.2 Å². The molecule has 1 aromatic carbocycles. The summed E-state index contributed by atoms with van der Waals surface area (Å²) in [6.07, 6.45) is 0.717. The number of carbonyl (C=O) groups excluding carboxylic acids is 2. The Labute approximate surface area is 185 Å². The molecule has 9 heteroatoms. The molecule has 0 unspecified atom stereocenters. The zero-order chi connectivity index (χ0) is 23.6. The van der Waals surface area contributed by atoms with E-state index >= 15 is 0 Å². The van der Waals surface area contributed by atoms with Gasteiger partial charge in [0.2, 0.25) is 10.0 Å². The Morgan fingerprint density at radius 1 is 1.06 bits per heavy atom. The van der Waals surface area contributed by atoms with Gasteiger partial charge in [0, 0.05) is 12.1 Å². The van der Waals surface area contributed by atoms with Crippen LogP contribution in [0.4, 0.5) is 10.5 Å². The van der Waals surface area contributed by atoms with Crippen LogP contribution in [0.15, 0.2) is 18.2 Å². The van der Waals surface area contributed by atoms with E-state index in [1.165, 1.54) is 0 Å². The monoisotopic (exact) mass is 454 g/mol. The summed E-state index contributed by atoms with van der Waals surface area (Å²) in [5.41, 5.74) is 0.533. The Morgan fingerprint density at radius 2 is 1.65 bits per heavy atom. The number of ether oxygens (including phenoxy) is 2. The summed E-state index contributed by atoms with van der Waals surface area (Å²) >= 11 is 0. The van der Waals surface area contributed by atoms with Gasteiger partial charge in [-0.15, -0.1) is 0 Å². The summed E-state index contributed by atoms with van der Waals surface area (Å²) in [5, 5.41) is 2.25. The summed E-state index contributed by atoms with van der Waals surface area (Å²) in [7, 11) is -3.41. The van der Waals surface area contributed by atoms with Gasteiger partial charge in [-0.3, -0.25) is 4.72 Å². The summed E-state index contributed by atoms with van der Waals surface area (Å²) in [4.78, 5) is 25.1. The lowest BCUT2D eigenvalue weighted by atomic mass is 10.00. The third-order valence-electron chi connectivity index (χ3n) is 4.38. The van der Waals surface area contributed by atoms with Crippen molar-refractivity contribution in [1.82, 2.24) is 5.32 Å². The molecule has 1 atom stereocenters. The van der Waals surface area contributed by atoms with Crippen molar-refractivity contribution < 1.29 is 27.5 Å². The number of hydrogen-bond donors (Lipinski definition) is 2. The number of aryl methyl sites for hydroxylation is 1. The molecular formula is C22H34N2O6S. The molecule has 1 aliphatic carbocycles. The van der Waals surface area contributed by atoms with E-state index in [0.717, 1.165) is 5.56 Å². The molecule has 0 radical (unpaired) electrons. The van der Waals surface area contributed by atoms with E-state index in [1.54, 1.807) is 59.7 Å². The molecule has 0 spiro atoms. The Balaban J connectivity index is 2.24. The maximum absolute atomic E-state index is 12.8.